The van der Waals surface area contributed by atoms with Gasteiger partial charge in [-0.15, -0.1) is 0 Å². The fourth-order valence-corrected chi connectivity index (χ4v) is 2.69. The summed E-state index contributed by atoms with van der Waals surface area (Å²) in [4.78, 5) is 4.37. The van der Waals surface area contributed by atoms with Gasteiger partial charge >= 0.3 is 0 Å². The molecule has 0 fully saturated rings. The summed E-state index contributed by atoms with van der Waals surface area (Å²) in [7, 11) is 0. The van der Waals surface area contributed by atoms with Crippen molar-refractivity contribution in [2.75, 3.05) is 25.1 Å². The molecule has 0 amide bonds. The monoisotopic (exact) mass is 339 g/mol. The highest BCUT2D eigenvalue weighted by Crippen LogP contribution is 2.13. The van der Waals surface area contributed by atoms with Crippen LogP contribution in [0.3, 0.4) is 0 Å². The highest BCUT2D eigenvalue weighted by atomic mass is 16.5. The first-order chi connectivity index (χ1) is 12.1. The van der Waals surface area contributed by atoms with E-state index in [4.69, 9.17) is 10.5 Å². The number of nitrogens with two attached hydrogens (primary N) is 1. The first kappa shape index (κ1) is 19.0. The third-order valence-electron chi connectivity index (χ3n) is 3.85. The molecule has 0 aromatic heterocycles. The summed E-state index contributed by atoms with van der Waals surface area (Å²) in [6, 6.07) is 16.7. The SMILES string of the molecule is Cc1cc(C)cc(NC(N)=NCCCCOCCc2ccccc2)c1. The van der Waals surface area contributed by atoms with E-state index in [9.17, 15) is 0 Å². The van der Waals surface area contributed by atoms with Gasteiger partial charge in [0.25, 0.3) is 0 Å². The predicted molar refractivity (Wildman–Crippen MR) is 106 cm³/mol. The van der Waals surface area contributed by atoms with E-state index in [1.807, 2.05) is 6.07 Å². The maximum Gasteiger partial charge on any atom is 0.193 e. The quantitative estimate of drug-likeness (QED) is 0.411. The van der Waals surface area contributed by atoms with Crippen molar-refractivity contribution >= 4 is 11.6 Å². The molecule has 4 heteroatoms. The van der Waals surface area contributed by atoms with Crippen molar-refractivity contribution in [2.45, 2.75) is 33.1 Å². The Bertz CT molecular complexity index is 648. The normalized spacial score (nSPS) is 11.5. The molecule has 0 spiro atoms. The molecule has 2 rings (SSSR count). The van der Waals surface area contributed by atoms with Crippen LogP contribution in [0.15, 0.2) is 53.5 Å². The number of guanidine groups is 1. The van der Waals surface area contributed by atoms with Crippen LogP contribution in [0.5, 0.6) is 0 Å². The number of benzene rings is 2. The van der Waals surface area contributed by atoms with Crippen molar-refractivity contribution in [3.63, 3.8) is 0 Å². The van der Waals surface area contributed by atoms with Gasteiger partial charge < -0.3 is 15.8 Å². The third kappa shape index (κ3) is 7.86. The highest BCUT2D eigenvalue weighted by molar-refractivity contribution is 5.92. The van der Waals surface area contributed by atoms with Crippen molar-refractivity contribution in [1.29, 1.82) is 0 Å². The van der Waals surface area contributed by atoms with Crippen LogP contribution in [0.4, 0.5) is 5.69 Å². The summed E-state index contributed by atoms with van der Waals surface area (Å²) >= 11 is 0. The molecule has 0 aliphatic rings. The molecule has 0 unspecified atom stereocenters. The second-order valence-corrected chi connectivity index (χ2v) is 6.32. The molecule has 0 heterocycles. The number of aryl methyl sites for hydroxylation is 2. The summed E-state index contributed by atoms with van der Waals surface area (Å²) in [5.74, 6) is 0.468. The molecule has 0 aliphatic carbocycles. The van der Waals surface area contributed by atoms with Crippen LogP contribution in [0.25, 0.3) is 0 Å². The van der Waals surface area contributed by atoms with Crippen molar-refractivity contribution < 1.29 is 4.74 Å². The molecular weight excluding hydrogens is 310 g/mol. The van der Waals surface area contributed by atoms with Crippen molar-refractivity contribution in [2.24, 2.45) is 10.7 Å². The van der Waals surface area contributed by atoms with Crippen molar-refractivity contribution in [3.05, 3.63) is 65.2 Å². The van der Waals surface area contributed by atoms with Gasteiger partial charge in [-0.3, -0.25) is 4.99 Å². The zero-order valence-electron chi connectivity index (χ0n) is 15.3. The van der Waals surface area contributed by atoms with Crippen LogP contribution in [0.2, 0.25) is 0 Å². The Morgan fingerprint density at radius 3 is 2.44 bits per heavy atom. The van der Waals surface area contributed by atoms with Crippen LogP contribution < -0.4 is 11.1 Å². The van der Waals surface area contributed by atoms with Gasteiger partial charge in [0.15, 0.2) is 5.96 Å². The molecule has 3 N–H and O–H groups in total. The van der Waals surface area contributed by atoms with Crippen LogP contribution in [-0.2, 0) is 11.2 Å². The van der Waals surface area contributed by atoms with Gasteiger partial charge in [0.2, 0.25) is 0 Å². The second-order valence-electron chi connectivity index (χ2n) is 6.32. The Kier molecular flexibility index (Phi) is 7.99. The lowest BCUT2D eigenvalue weighted by Crippen LogP contribution is -2.23. The lowest BCUT2D eigenvalue weighted by Gasteiger charge is -2.08. The molecule has 0 radical (unpaired) electrons. The predicted octanol–water partition coefficient (Wildman–Crippen LogP) is 4.07. The lowest BCUT2D eigenvalue weighted by molar-refractivity contribution is 0.134. The minimum absolute atomic E-state index is 0.468. The number of nitrogens with zero attached hydrogens (tertiary/aromatic N) is 1. The van der Waals surface area contributed by atoms with Gasteiger partial charge in [0.1, 0.15) is 0 Å². The first-order valence-corrected chi connectivity index (χ1v) is 8.90. The molecule has 4 nitrogen and oxygen atoms in total. The average molecular weight is 339 g/mol. The number of rotatable bonds is 9. The zero-order chi connectivity index (χ0) is 17.9. The average Bonchev–Trinajstić information content (AvgIpc) is 2.57. The number of ether oxygens (including phenoxy) is 1. The standard InChI is InChI=1S/C21H29N3O/c1-17-14-18(2)16-20(15-17)24-21(22)23-11-6-7-12-25-13-10-19-8-4-3-5-9-19/h3-5,8-9,14-16H,6-7,10-13H2,1-2H3,(H3,22,23,24). The van der Waals surface area contributed by atoms with Crippen LogP contribution in [-0.4, -0.2) is 25.7 Å². The maximum absolute atomic E-state index is 5.94. The number of hydrogen-bond donors (Lipinski definition) is 2. The van der Waals surface area contributed by atoms with E-state index in [1.165, 1.54) is 16.7 Å². The van der Waals surface area contributed by atoms with Crippen molar-refractivity contribution in [1.82, 2.24) is 0 Å². The molecule has 134 valence electrons. The number of hydrogen-bond acceptors (Lipinski definition) is 2. The summed E-state index contributed by atoms with van der Waals surface area (Å²) < 4.78 is 5.67. The van der Waals surface area contributed by atoms with E-state index in [1.54, 1.807) is 0 Å². The van der Waals surface area contributed by atoms with E-state index in [-0.39, 0.29) is 0 Å². The van der Waals surface area contributed by atoms with E-state index in [0.717, 1.165) is 38.2 Å². The number of unbranched alkanes of at least 4 members (excludes halogenated alkanes) is 1. The zero-order valence-corrected chi connectivity index (χ0v) is 15.3. The molecule has 0 atom stereocenters. The highest BCUT2D eigenvalue weighted by Gasteiger charge is 1.98. The first-order valence-electron chi connectivity index (χ1n) is 8.90. The van der Waals surface area contributed by atoms with E-state index >= 15 is 0 Å². The number of nitrogens with one attached hydrogen (secondary N) is 1. The van der Waals surface area contributed by atoms with E-state index < -0.39 is 0 Å². The number of anilines is 1. The number of aliphatic imine (C=N–C) groups is 1. The van der Waals surface area contributed by atoms with Gasteiger partial charge in [-0.05, 0) is 61.9 Å². The smallest absolute Gasteiger partial charge is 0.193 e. The molecule has 2 aromatic carbocycles. The summed E-state index contributed by atoms with van der Waals surface area (Å²) in [5.41, 5.74) is 10.7. The Hall–Kier alpha value is -2.33. The topological polar surface area (TPSA) is 59.6 Å². The molecule has 0 bridgehead atoms. The molecule has 25 heavy (non-hydrogen) atoms. The Morgan fingerprint density at radius 1 is 1.00 bits per heavy atom. The molecule has 0 aliphatic heterocycles. The fraction of sp³-hybridized carbons (Fsp3) is 0.381. The second kappa shape index (κ2) is 10.5. The van der Waals surface area contributed by atoms with Gasteiger partial charge in [-0.2, -0.15) is 0 Å². The molecule has 2 aromatic rings. The third-order valence-corrected chi connectivity index (χ3v) is 3.85. The molecule has 0 saturated carbocycles. The maximum atomic E-state index is 5.94. The Morgan fingerprint density at radius 2 is 1.72 bits per heavy atom. The van der Waals surface area contributed by atoms with Crippen molar-refractivity contribution in [3.8, 4) is 0 Å². The van der Waals surface area contributed by atoms with Gasteiger partial charge in [-0.1, -0.05) is 36.4 Å². The molecular formula is C21H29N3O. The summed E-state index contributed by atoms with van der Waals surface area (Å²) in [6.45, 7) is 6.40. The van der Waals surface area contributed by atoms with E-state index in [0.29, 0.717) is 12.5 Å². The van der Waals surface area contributed by atoms with Gasteiger partial charge in [0, 0.05) is 18.8 Å². The van der Waals surface area contributed by atoms with Crippen LogP contribution in [0, 0.1) is 13.8 Å². The van der Waals surface area contributed by atoms with Gasteiger partial charge in [-0.25, -0.2) is 0 Å². The van der Waals surface area contributed by atoms with Crippen LogP contribution >= 0.6 is 0 Å². The summed E-state index contributed by atoms with van der Waals surface area (Å²) in [6.07, 6.45) is 2.93. The van der Waals surface area contributed by atoms with Crippen LogP contribution in [0.1, 0.15) is 29.5 Å². The largest absolute Gasteiger partial charge is 0.381 e. The Labute approximate surface area is 151 Å². The molecule has 0 saturated heterocycles. The summed E-state index contributed by atoms with van der Waals surface area (Å²) in [5, 5.41) is 3.15. The minimum Gasteiger partial charge on any atom is -0.381 e. The lowest BCUT2D eigenvalue weighted by atomic mass is 10.1. The Balaban J connectivity index is 1.56. The van der Waals surface area contributed by atoms with Gasteiger partial charge in [0.05, 0.1) is 6.61 Å². The minimum atomic E-state index is 0.468. The van der Waals surface area contributed by atoms with E-state index in [2.05, 4.69) is 66.6 Å². The fourth-order valence-electron chi connectivity index (χ4n) is 2.69.